The summed E-state index contributed by atoms with van der Waals surface area (Å²) in [6.45, 7) is 8.26. The average Bonchev–Trinajstić information content (AvgIpc) is 2.81. The average molecular weight is 396 g/mol. The number of rotatable bonds is 5. The fourth-order valence-electron chi connectivity index (χ4n) is 4.06. The number of carbonyl (C=O) groups excluding carboxylic acids is 1. The van der Waals surface area contributed by atoms with Gasteiger partial charge in [-0.25, -0.2) is 0 Å². The lowest BCUT2D eigenvalue weighted by Gasteiger charge is -2.37. The zero-order chi connectivity index (χ0) is 20.1. The second-order valence-electron chi connectivity index (χ2n) is 7.53. The van der Waals surface area contributed by atoms with Gasteiger partial charge in [-0.2, -0.15) is 0 Å². The molecule has 2 fully saturated rings. The minimum absolute atomic E-state index is 0.0599. The summed E-state index contributed by atoms with van der Waals surface area (Å²) < 4.78 is 5.39. The summed E-state index contributed by atoms with van der Waals surface area (Å²) in [6, 6.07) is 14.2. The summed E-state index contributed by atoms with van der Waals surface area (Å²) in [5, 5.41) is 8.85. The highest BCUT2D eigenvalue weighted by Crippen LogP contribution is 2.24. The van der Waals surface area contributed by atoms with Crippen molar-refractivity contribution >= 4 is 17.5 Å². The highest BCUT2D eigenvalue weighted by atomic mass is 16.5. The molecule has 0 unspecified atom stereocenters. The smallest absolute Gasteiger partial charge is 0.230 e. The SMILES string of the molecule is CC[C@@H](C(=O)N1CCN(c2ccc(N3CCOCC3)nn2)CC1)c1ccccc1. The lowest BCUT2D eigenvalue weighted by atomic mass is 9.95. The van der Waals surface area contributed by atoms with E-state index in [1.807, 2.05) is 47.4 Å². The molecule has 29 heavy (non-hydrogen) atoms. The number of ether oxygens (including phenoxy) is 1. The van der Waals surface area contributed by atoms with Crippen LogP contribution >= 0.6 is 0 Å². The van der Waals surface area contributed by atoms with E-state index < -0.39 is 0 Å². The first-order chi connectivity index (χ1) is 14.3. The van der Waals surface area contributed by atoms with E-state index in [1.165, 1.54) is 0 Å². The van der Waals surface area contributed by atoms with Gasteiger partial charge in [0.1, 0.15) is 0 Å². The number of anilines is 2. The molecule has 154 valence electrons. The first-order valence-corrected chi connectivity index (χ1v) is 10.5. The minimum Gasteiger partial charge on any atom is -0.378 e. The third-order valence-electron chi connectivity index (χ3n) is 5.80. The number of hydrogen-bond acceptors (Lipinski definition) is 6. The Morgan fingerprint density at radius 3 is 2.03 bits per heavy atom. The van der Waals surface area contributed by atoms with Gasteiger partial charge in [0.25, 0.3) is 0 Å². The normalized spacial score (nSPS) is 18.6. The maximum Gasteiger partial charge on any atom is 0.230 e. The standard InChI is InChI=1S/C22H29N5O2/c1-2-19(18-6-4-3-5-7-18)22(28)27-12-10-25(11-13-27)20-8-9-21(24-23-20)26-14-16-29-17-15-26/h3-9,19H,2,10-17H2,1H3/t19-/m1/s1. The lowest BCUT2D eigenvalue weighted by Crippen LogP contribution is -2.50. The molecule has 2 saturated heterocycles. The van der Waals surface area contributed by atoms with Gasteiger partial charge in [0, 0.05) is 39.3 Å². The van der Waals surface area contributed by atoms with Gasteiger partial charge in [0.05, 0.1) is 19.1 Å². The molecular formula is C22H29N5O2. The van der Waals surface area contributed by atoms with Crippen molar-refractivity contribution < 1.29 is 9.53 Å². The number of piperazine rings is 1. The van der Waals surface area contributed by atoms with E-state index in [9.17, 15) is 4.79 Å². The first kappa shape index (κ1) is 19.6. The van der Waals surface area contributed by atoms with Crippen molar-refractivity contribution in [3.8, 4) is 0 Å². The van der Waals surface area contributed by atoms with Crippen molar-refractivity contribution in [1.82, 2.24) is 15.1 Å². The molecule has 2 aliphatic rings. The van der Waals surface area contributed by atoms with Crippen molar-refractivity contribution in [3.05, 3.63) is 48.0 Å². The molecule has 0 saturated carbocycles. The molecule has 7 nitrogen and oxygen atoms in total. The number of benzene rings is 1. The van der Waals surface area contributed by atoms with Gasteiger partial charge >= 0.3 is 0 Å². The van der Waals surface area contributed by atoms with Crippen LogP contribution in [0, 0.1) is 0 Å². The van der Waals surface area contributed by atoms with Crippen molar-refractivity contribution in [2.45, 2.75) is 19.3 Å². The van der Waals surface area contributed by atoms with Crippen molar-refractivity contribution in [2.24, 2.45) is 0 Å². The van der Waals surface area contributed by atoms with Gasteiger partial charge in [-0.15, -0.1) is 10.2 Å². The van der Waals surface area contributed by atoms with Crippen LogP contribution in [0.5, 0.6) is 0 Å². The van der Waals surface area contributed by atoms with Crippen LogP contribution in [0.3, 0.4) is 0 Å². The number of carbonyl (C=O) groups is 1. The molecule has 0 bridgehead atoms. The molecule has 0 N–H and O–H groups in total. The molecular weight excluding hydrogens is 366 g/mol. The topological polar surface area (TPSA) is 61.8 Å². The molecule has 3 heterocycles. The van der Waals surface area contributed by atoms with Crippen LogP contribution in [0.4, 0.5) is 11.6 Å². The Bertz CT molecular complexity index is 785. The number of morpholine rings is 1. The third kappa shape index (κ3) is 4.50. The van der Waals surface area contributed by atoms with Crippen LogP contribution < -0.4 is 9.80 Å². The largest absolute Gasteiger partial charge is 0.378 e. The molecule has 1 amide bonds. The third-order valence-corrected chi connectivity index (χ3v) is 5.80. The Kier molecular flexibility index (Phi) is 6.24. The van der Waals surface area contributed by atoms with Crippen molar-refractivity contribution in [1.29, 1.82) is 0 Å². The summed E-state index contributed by atoms with van der Waals surface area (Å²) in [5.41, 5.74) is 1.10. The maximum atomic E-state index is 13.1. The predicted octanol–water partition coefficient (Wildman–Crippen LogP) is 2.16. The number of amides is 1. The Labute approximate surface area is 172 Å². The Morgan fingerprint density at radius 1 is 0.897 bits per heavy atom. The number of aromatic nitrogens is 2. The van der Waals surface area contributed by atoms with Gasteiger partial charge in [-0.1, -0.05) is 37.3 Å². The minimum atomic E-state index is -0.0599. The summed E-state index contributed by atoms with van der Waals surface area (Å²) in [4.78, 5) is 19.5. The monoisotopic (exact) mass is 395 g/mol. The van der Waals surface area contributed by atoms with E-state index >= 15 is 0 Å². The molecule has 0 spiro atoms. The van der Waals surface area contributed by atoms with E-state index in [0.717, 1.165) is 76.1 Å². The summed E-state index contributed by atoms with van der Waals surface area (Å²) >= 11 is 0. The van der Waals surface area contributed by atoms with E-state index in [1.54, 1.807) is 0 Å². The quantitative estimate of drug-likeness (QED) is 0.773. The van der Waals surface area contributed by atoms with Gasteiger partial charge in [0.2, 0.25) is 5.91 Å². The Morgan fingerprint density at radius 2 is 1.48 bits per heavy atom. The Balaban J connectivity index is 1.34. The first-order valence-electron chi connectivity index (χ1n) is 10.5. The van der Waals surface area contributed by atoms with E-state index in [0.29, 0.717) is 0 Å². The number of hydrogen-bond donors (Lipinski definition) is 0. The zero-order valence-corrected chi connectivity index (χ0v) is 17.0. The molecule has 1 aromatic heterocycles. The van der Waals surface area contributed by atoms with Gasteiger partial charge < -0.3 is 19.4 Å². The highest BCUT2D eigenvalue weighted by Gasteiger charge is 2.28. The molecule has 2 aliphatic heterocycles. The van der Waals surface area contributed by atoms with Crippen LogP contribution in [-0.4, -0.2) is 73.5 Å². The van der Waals surface area contributed by atoms with Gasteiger partial charge in [0.15, 0.2) is 11.6 Å². The Hall–Kier alpha value is -2.67. The van der Waals surface area contributed by atoms with Crippen molar-refractivity contribution in [3.63, 3.8) is 0 Å². The lowest BCUT2D eigenvalue weighted by molar-refractivity contribution is -0.133. The van der Waals surface area contributed by atoms with E-state index in [-0.39, 0.29) is 11.8 Å². The zero-order valence-electron chi connectivity index (χ0n) is 17.0. The van der Waals surface area contributed by atoms with Gasteiger partial charge in [-0.05, 0) is 24.1 Å². The van der Waals surface area contributed by atoms with E-state index in [4.69, 9.17) is 4.74 Å². The molecule has 2 aromatic rings. The summed E-state index contributed by atoms with van der Waals surface area (Å²) in [7, 11) is 0. The summed E-state index contributed by atoms with van der Waals surface area (Å²) in [5.74, 6) is 1.95. The van der Waals surface area contributed by atoms with Crippen LogP contribution in [0.2, 0.25) is 0 Å². The molecule has 1 atom stereocenters. The summed E-state index contributed by atoms with van der Waals surface area (Å²) in [6.07, 6.45) is 0.817. The molecule has 1 aromatic carbocycles. The fraction of sp³-hybridized carbons (Fsp3) is 0.500. The molecule has 7 heteroatoms. The predicted molar refractivity (Wildman–Crippen MR) is 113 cm³/mol. The second-order valence-corrected chi connectivity index (χ2v) is 7.53. The van der Waals surface area contributed by atoms with Crippen molar-refractivity contribution in [2.75, 3.05) is 62.3 Å². The molecule has 4 rings (SSSR count). The second kappa shape index (κ2) is 9.22. The maximum absolute atomic E-state index is 13.1. The molecule has 0 aliphatic carbocycles. The number of nitrogens with zero attached hydrogens (tertiary/aromatic N) is 5. The van der Waals surface area contributed by atoms with Crippen LogP contribution in [-0.2, 0) is 9.53 Å². The fourth-order valence-corrected chi connectivity index (χ4v) is 4.06. The molecule has 0 radical (unpaired) electrons. The van der Waals surface area contributed by atoms with Crippen LogP contribution in [0.1, 0.15) is 24.8 Å². The van der Waals surface area contributed by atoms with Gasteiger partial charge in [-0.3, -0.25) is 4.79 Å². The van der Waals surface area contributed by atoms with Crippen LogP contribution in [0.15, 0.2) is 42.5 Å². The van der Waals surface area contributed by atoms with Crippen LogP contribution in [0.25, 0.3) is 0 Å². The van der Waals surface area contributed by atoms with E-state index in [2.05, 4.69) is 26.9 Å². The highest BCUT2D eigenvalue weighted by molar-refractivity contribution is 5.84.